The molecule has 0 saturated carbocycles. The zero-order valence-electron chi connectivity index (χ0n) is 14.1. The lowest BCUT2D eigenvalue weighted by molar-refractivity contribution is 0.405. The Morgan fingerprint density at radius 2 is 2.12 bits per heavy atom. The van der Waals surface area contributed by atoms with Gasteiger partial charge in [-0.05, 0) is 29.4 Å². The average Bonchev–Trinajstić information content (AvgIpc) is 2.93. The van der Waals surface area contributed by atoms with Crippen LogP contribution in [0.5, 0.6) is 0 Å². The molecule has 0 spiro atoms. The highest BCUT2D eigenvalue weighted by molar-refractivity contribution is 5.74. The van der Waals surface area contributed by atoms with Gasteiger partial charge in [-0.3, -0.25) is 14.5 Å². The molecule has 1 aromatic carbocycles. The molecular weight excluding hydrogens is 302 g/mol. The molecule has 0 radical (unpaired) electrons. The van der Waals surface area contributed by atoms with Crippen LogP contribution in [0.1, 0.15) is 43.9 Å². The number of fused-ring (bicyclic) bond motifs is 2. The standard InChI is InChI=1S/C18H21N5O/c1-18(2)9-8-14(11-6-4-5-7-13(11)18)20-17-21-15-12(16(24)22-17)10-19-23(15)3/h4-7,10,14H,8-9H2,1-3H3,(H2,20,21,22,24). The molecule has 24 heavy (non-hydrogen) atoms. The number of benzene rings is 1. The van der Waals surface area contributed by atoms with Gasteiger partial charge < -0.3 is 5.32 Å². The predicted octanol–water partition coefficient (Wildman–Crippen LogP) is 2.88. The molecule has 1 aliphatic rings. The normalized spacial score (nSPS) is 19.2. The molecule has 0 saturated heterocycles. The molecule has 1 atom stereocenters. The van der Waals surface area contributed by atoms with Gasteiger partial charge in [0.15, 0.2) is 5.65 Å². The third kappa shape index (κ3) is 2.29. The van der Waals surface area contributed by atoms with Crippen LogP contribution in [0, 0.1) is 0 Å². The van der Waals surface area contributed by atoms with E-state index in [-0.39, 0.29) is 17.0 Å². The van der Waals surface area contributed by atoms with Crippen LogP contribution in [0.15, 0.2) is 35.3 Å². The van der Waals surface area contributed by atoms with Crippen molar-refractivity contribution in [1.82, 2.24) is 19.7 Å². The highest BCUT2D eigenvalue weighted by atomic mass is 16.1. The van der Waals surface area contributed by atoms with Gasteiger partial charge in [-0.15, -0.1) is 0 Å². The Morgan fingerprint density at radius 3 is 2.96 bits per heavy atom. The number of nitrogens with zero attached hydrogens (tertiary/aromatic N) is 3. The quantitative estimate of drug-likeness (QED) is 0.760. The summed E-state index contributed by atoms with van der Waals surface area (Å²) >= 11 is 0. The van der Waals surface area contributed by atoms with Crippen LogP contribution in [0.3, 0.4) is 0 Å². The molecule has 0 fully saturated rings. The summed E-state index contributed by atoms with van der Waals surface area (Å²) in [7, 11) is 1.79. The predicted molar refractivity (Wildman–Crippen MR) is 94.2 cm³/mol. The van der Waals surface area contributed by atoms with Crippen molar-refractivity contribution in [3.63, 3.8) is 0 Å². The Morgan fingerprint density at radius 1 is 1.33 bits per heavy atom. The molecule has 1 unspecified atom stereocenters. The van der Waals surface area contributed by atoms with Gasteiger partial charge in [0.05, 0.1) is 12.2 Å². The first-order valence-corrected chi connectivity index (χ1v) is 8.24. The fraction of sp³-hybridized carbons (Fsp3) is 0.389. The molecule has 1 aliphatic carbocycles. The lowest BCUT2D eigenvalue weighted by Gasteiger charge is -2.37. The minimum atomic E-state index is -0.167. The number of hydrogen-bond acceptors (Lipinski definition) is 4. The molecule has 124 valence electrons. The van der Waals surface area contributed by atoms with Gasteiger partial charge in [0.2, 0.25) is 5.95 Å². The Labute approximate surface area is 139 Å². The third-order valence-corrected chi connectivity index (χ3v) is 5.04. The van der Waals surface area contributed by atoms with Crippen LogP contribution < -0.4 is 10.9 Å². The summed E-state index contributed by atoms with van der Waals surface area (Å²) in [4.78, 5) is 19.6. The first kappa shape index (κ1) is 14.9. The van der Waals surface area contributed by atoms with Crippen molar-refractivity contribution in [2.75, 3.05) is 5.32 Å². The van der Waals surface area contributed by atoms with Gasteiger partial charge in [0, 0.05) is 7.05 Å². The second-order valence-corrected chi connectivity index (χ2v) is 7.13. The van der Waals surface area contributed by atoms with E-state index in [0.29, 0.717) is 17.0 Å². The summed E-state index contributed by atoms with van der Waals surface area (Å²) in [5.41, 5.74) is 3.23. The number of hydrogen-bond donors (Lipinski definition) is 2. The average molecular weight is 323 g/mol. The summed E-state index contributed by atoms with van der Waals surface area (Å²) in [6, 6.07) is 8.65. The number of aromatic amines is 1. The van der Waals surface area contributed by atoms with Crippen molar-refractivity contribution in [2.24, 2.45) is 7.05 Å². The van der Waals surface area contributed by atoms with Gasteiger partial charge in [0.25, 0.3) is 5.56 Å². The monoisotopic (exact) mass is 323 g/mol. The van der Waals surface area contributed by atoms with Crippen LogP contribution in [0.2, 0.25) is 0 Å². The molecule has 0 aliphatic heterocycles. The second kappa shape index (κ2) is 5.19. The minimum absolute atomic E-state index is 0.142. The largest absolute Gasteiger partial charge is 0.349 e. The van der Waals surface area contributed by atoms with E-state index in [1.165, 1.54) is 11.1 Å². The number of H-pyrrole nitrogens is 1. The van der Waals surface area contributed by atoms with E-state index in [1.807, 2.05) is 0 Å². The lowest BCUT2D eigenvalue weighted by atomic mass is 9.71. The molecule has 3 aromatic rings. The van der Waals surface area contributed by atoms with Crippen molar-refractivity contribution in [3.8, 4) is 0 Å². The van der Waals surface area contributed by atoms with E-state index in [9.17, 15) is 4.79 Å². The third-order valence-electron chi connectivity index (χ3n) is 5.04. The van der Waals surface area contributed by atoms with E-state index >= 15 is 0 Å². The highest BCUT2D eigenvalue weighted by Gasteiger charge is 2.32. The fourth-order valence-electron chi connectivity index (χ4n) is 3.63. The number of aromatic nitrogens is 4. The van der Waals surface area contributed by atoms with E-state index in [4.69, 9.17) is 0 Å². The SMILES string of the molecule is Cn1ncc2c(=O)[nH]c(NC3CCC(C)(C)c4ccccc43)nc21. The van der Waals surface area contributed by atoms with Crippen molar-refractivity contribution in [1.29, 1.82) is 0 Å². The smallest absolute Gasteiger partial charge is 0.263 e. The van der Waals surface area contributed by atoms with Crippen molar-refractivity contribution < 1.29 is 0 Å². The van der Waals surface area contributed by atoms with Crippen LogP contribution in [0.25, 0.3) is 11.0 Å². The summed E-state index contributed by atoms with van der Waals surface area (Å²) in [5, 5.41) is 8.03. The number of nitrogens with one attached hydrogen (secondary N) is 2. The molecule has 6 heteroatoms. The van der Waals surface area contributed by atoms with Crippen molar-refractivity contribution in [3.05, 3.63) is 51.9 Å². The van der Waals surface area contributed by atoms with Gasteiger partial charge in [-0.1, -0.05) is 38.1 Å². The summed E-state index contributed by atoms with van der Waals surface area (Å²) in [5.74, 6) is 0.496. The maximum atomic E-state index is 12.2. The van der Waals surface area contributed by atoms with Crippen LogP contribution in [0.4, 0.5) is 5.95 Å². The summed E-state index contributed by atoms with van der Waals surface area (Å²) < 4.78 is 1.62. The van der Waals surface area contributed by atoms with E-state index < -0.39 is 0 Å². The fourth-order valence-corrected chi connectivity index (χ4v) is 3.63. The molecule has 2 N–H and O–H groups in total. The van der Waals surface area contributed by atoms with Gasteiger partial charge in [0.1, 0.15) is 5.39 Å². The Balaban J connectivity index is 1.74. The molecule has 2 aromatic heterocycles. The first-order valence-electron chi connectivity index (χ1n) is 8.24. The van der Waals surface area contributed by atoms with Crippen LogP contribution in [-0.2, 0) is 12.5 Å². The summed E-state index contributed by atoms with van der Waals surface area (Å²) in [6.07, 6.45) is 3.63. The Hall–Kier alpha value is -2.63. The zero-order chi connectivity index (χ0) is 16.9. The zero-order valence-corrected chi connectivity index (χ0v) is 14.1. The number of rotatable bonds is 2. The second-order valence-electron chi connectivity index (χ2n) is 7.13. The van der Waals surface area contributed by atoms with E-state index in [2.05, 4.69) is 58.5 Å². The Kier molecular flexibility index (Phi) is 3.23. The van der Waals surface area contributed by atoms with Gasteiger partial charge >= 0.3 is 0 Å². The maximum absolute atomic E-state index is 12.2. The van der Waals surface area contributed by atoms with Crippen LogP contribution >= 0.6 is 0 Å². The first-order chi connectivity index (χ1) is 11.5. The lowest BCUT2D eigenvalue weighted by Crippen LogP contribution is -2.29. The molecule has 4 rings (SSSR count). The van der Waals surface area contributed by atoms with Crippen LogP contribution in [-0.4, -0.2) is 19.7 Å². The molecule has 0 bridgehead atoms. The number of anilines is 1. The van der Waals surface area contributed by atoms with Crippen molar-refractivity contribution in [2.45, 2.75) is 38.1 Å². The molecule has 2 heterocycles. The number of aryl methyl sites for hydroxylation is 1. The molecular formula is C18H21N5O. The van der Waals surface area contributed by atoms with E-state index in [0.717, 1.165) is 12.8 Å². The molecule has 6 nitrogen and oxygen atoms in total. The Bertz CT molecular complexity index is 969. The molecule has 0 amide bonds. The minimum Gasteiger partial charge on any atom is -0.349 e. The maximum Gasteiger partial charge on any atom is 0.263 e. The summed E-state index contributed by atoms with van der Waals surface area (Å²) in [6.45, 7) is 4.56. The van der Waals surface area contributed by atoms with E-state index in [1.54, 1.807) is 17.9 Å². The van der Waals surface area contributed by atoms with Gasteiger partial charge in [-0.2, -0.15) is 10.1 Å². The highest BCUT2D eigenvalue weighted by Crippen LogP contribution is 2.42. The van der Waals surface area contributed by atoms with Crippen molar-refractivity contribution >= 4 is 17.0 Å². The topological polar surface area (TPSA) is 75.6 Å². The van der Waals surface area contributed by atoms with Gasteiger partial charge in [-0.25, -0.2) is 0 Å².